The highest BCUT2D eigenvalue weighted by Crippen LogP contribution is 2.22. The second kappa shape index (κ2) is 11.5. The maximum Gasteiger partial charge on any atom is 0.0760 e. The number of hydrogen-bond acceptors (Lipinski definition) is 3. The largest absolute Gasteiger partial charge is 0.373 e. The molecule has 2 N–H and O–H groups in total. The number of allylic oxidation sites excluding steroid dienone is 2. The third-order valence-corrected chi connectivity index (χ3v) is 5.26. The fourth-order valence-electron chi connectivity index (χ4n) is 3.11. The standard InChI is InChI=1S/C23H38N2S/c1-18-11-10-13-20(15-18)16-22(26-7)25-19(2)12-8-9-14-21(24-6)17-23(3,4)5/h8,10-13,15,21-22,24-25H,2,9,14,16-17H2,1,3-7H3/b12-8-. The number of rotatable bonds is 11. The molecule has 0 heterocycles. The molecule has 0 saturated heterocycles. The molecule has 0 fully saturated rings. The van der Waals surface area contributed by atoms with Crippen LogP contribution in [0.5, 0.6) is 0 Å². The Hall–Kier alpha value is -1.19. The normalized spacial score (nSPS) is 14.4. The average molecular weight is 375 g/mol. The Labute approximate surface area is 165 Å². The molecule has 0 aromatic heterocycles. The first-order valence-corrected chi connectivity index (χ1v) is 10.9. The van der Waals surface area contributed by atoms with Crippen LogP contribution in [0.3, 0.4) is 0 Å². The maximum absolute atomic E-state index is 4.17. The molecule has 1 rings (SSSR count). The highest BCUT2D eigenvalue weighted by Gasteiger charge is 2.16. The van der Waals surface area contributed by atoms with Crippen molar-refractivity contribution in [3.05, 3.63) is 59.8 Å². The molecule has 1 aromatic carbocycles. The zero-order valence-electron chi connectivity index (χ0n) is 17.6. The van der Waals surface area contributed by atoms with Crippen LogP contribution in [0.1, 0.15) is 51.2 Å². The molecule has 2 atom stereocenters. The molecule has 0 bridgehead atoms. The Morgan fingerprint density at radius 3 is 2.62 bits per heavy atom. The predicted octanol–water partition coefficient (Wildman–Crippen LogP) is 5.69. The summed E-state index contributed by atoms with van der Waals surface area (Å²) in [5.41, 5.74) is 4.04. The lowest BCUT2D eigenvalue weighted by Crippen LogP contribution is -2.29. The lowest BCUT2D eigenvalue weighted by molar-refractivity contribution is 0.308. The third kappa shape index (κ3) is 10.1. The lowest BCUT2D eigenvalue weighted by Gasteiger charge is -2.25. The summed E-state index contributed by atoms with van der Waals surface area (Å²) < 4.78 is 0. The van der Waals surface area contributed by atoms with E-state index in [2.05, 4.69) is 94.6 Å². The van der Waals surface area contributed by atoms with Crippen molar-refractivity contribution >= 4 is 11.8 Å². The van der Waals surface area contributed by atoms with Gasteiger partial charge in [0.05, 0.1) is 5.37 Å². The molecular formula is C23H38N2S. The molecule has 2 unspecified atom stereocenters. The number of benzene rings is 1. The molecule has 146 valence electrons. The van der Waals surface area contributed by atoms with E-state index in [0.29, 0.717) is 16.8 Å². The molecule has 0 saturated carbocycles. The second-order valence-electron chi connectivity index (χ2n) is 8.32. The topological polar surface area (TPSA) is 24.1 Å². The fourth-order valence-corrected chi connectivity index (χ4v) is 3.74. The molecule has 26 heavy (non-hydrogen) atoms. The van der Waals surface area contributed by atoms with Crippen LogP contribution in [0, 0.1) is 12.3 Å². The van der Waals surface area contributed by atoms with Crippen molar-refractivity contribution in [2.45, 2.75) is 64.8 Å². The van der Waals surface area contributed by atoms with E-state index in [1.807, 2.05) is 11.8 Å². The van der Waals surface area contributed by atoms with Gasteiger partial charge in [-0.25, -0.2) is 0 Å². The van der Waals surface area contributed by atoms with Crippen molar-refractivity contribution < 1.29 is 0 Å². The van der Waals surface area contributed by atoms with Gasteiger partial charge in [-0.3, -0.25) is 0 Å². The molecule has 0 aliphatic carbocycles. The zero-order valence-corrected chi connectivity index (χ0v) is 18.4. The van der Waals surface area contributed by atoms with Crippen LogP contribution in [0.25, 0.3) is 0 Å². The average Bonchev–Trinajstić information content (AvgIpc) is 2.56. The molecule has 3 heteroatoms. The van der Waals surface area contributed by atoms with E-state index in [1.54, 1.807) is 0 Å². The summed E-state index contributed by atoms with van der Waals surface area (Å²) >= 11 is 1.84. The first kappa shape index (κ1) is 22.9. The van der Waals surface area contributed by atoms with Crippen molar-refractivity contribution in [3.8, 4) is 0 Å². The van der Waals surface area contributed by atoms with Gasteiger partial charge in [-0.2, -0.15) is 0 Å². The maximum atomic E-state index is 4.17. The molecule has 0 radical (unpaired) electrons. The Bertz CT molecular complexity index is 572. The van der Waals surface area contributed by atoms with Crippen LogP contribution < -0.4 is 10.6 Å². The molecule has 2 nitrogen and oxygen atoms in total. The minimum atomic E-state index is 0.347. The quantitative estimate of drug-likeness (QED) is 0.384. The molecule has 0 spiro atoms. The van der Waals surface area contributed by atoms with Gasteiger partial charge in [0.1, 0.15) is 0 Å². The number of thioether (sulfide) groups is 1. The third-order valence-electron chi connectivity index (χ3n) is 4.40. The Kier molecular flexibility index (Phi) is 10.1. The van der Waals surface area contributed by atoms with Gasteiger partial charge >= 0.3 is 0 Å². The number of aryl methyl sites for hydroxylation is 1. The summed E-state index contributed by atoms with van der Waals surface area (Å²) in [4.78, 5) is 0. The highest BCUT2D eigenvalue weighted by atomic mass is 32.2. The van der Waals surface area contributed by atoms with Crippen molar-refractivity contribution in [1.82, 2.24) is 10.6 Å². The van der Waals surface area contributed by atoms with E-state index in [-0.39, 0.29) is 0 Å². The van der Waals surface area contributed by atoms with E-state index in [0.717, 1.165) is 25.0 Å². The van der Waals surface area contributed by atoms with E-state index in [1.165, 1.54) is 17.5 Å². The number of nitrogens with one attached hydrogen (secondary N) is 2. The van der Waals surface area contributed by atoms with Gasteiger partial charge in [-0.05, 0) is 56.5 Å². The van der Waals surface area contributed by atoms with E-state index < -0.39 is 0 Å². The van der Waals surface area contributed by atoms with Crippen molar-refractivity contribution in [2.24, 2.45) is 5.41 Å². The van der Waals surface area contributed by atoms with E-state index >= 15 is 0 Å². The smallest absolute Gasteiger partial charge is 0.0760 e. The Morgan fingerprint density at radius 2 is 2.04 bits per heavy atom. The summed E-state index contributed by atoms with van der Waals surface area (Å²) in [6.07, 6.45) is 11.0. The molecule has 0 aliphatic heterocycles. The van der Waals surface area contributed by atoms with E-state index in [9.17, 15) is 0 Å². The van der Waals surface area contributed by atoms with Gasteiger partial charge < -0.3 is 10.6 Å². The summed E-state index contributed by atoms with van der Waals surface area (Å²) in [5, 5.41) is 7.33. The van der Waals surface area contributed by atoms with Gasteiger partial charge in [0, 0.05) is 18.2 Å². The SMILES string of the molecule is C=C(/C=C\CCC(CC(C)(C)C)NC)NC(Cc1cccc(C)c1)SC. The van der Waals surface area contributed by atoms with Gasteiger partial charge in [0.2, 0.25) is 0 Å². The minimum Gasteiger partial charge on any atom is -0.373 e. The van der Waals surface area contributed by atoms with Crippen LogP contribution in [-0.2, 0) is 6.42 Å². The van der Waals surface area contributed by atoms with Gasteiger partial charge in [-0.1, -0.05) is 63.3 Å². The summed E-state index contributed by atoms with van der Waals surface area (Å²) in [6.45, 7) is 13.2. The van der Waals surface area contributed by atoms with Crippen molar-refractivity contribution in [3.63, 3.8) is 0 Å². The second-order valence-corrected chi connectivity index (χ2v) is 9.36. The fraction of sp³-hybridized carbons (Fsp3) is 0.565. The van der Waals surface area contributed by atoms with Crippen molar-refractivity contribution in [1.29, 1.82) is 0 Å². The Balaban J connectivity index is 2.42. The lowest BCUT2D eigenvalue weighted by atomic mass is 9.86. The van der Waals surface area contributed by atoms with Crippen LogP contribution in [-0.4, -0.2) is 24.7 Å². The van der Waals surface area contributed by atoms with Gasteiger partial charge in [0.25, 0.3) is 0 Å². The Morgan fingerprint density at radius 1 is 1.31 bits per heavy atom. The van der Waals surface area contributed by atoms with Crippen LogP contribution in [0.2, 0.25) is 0 Å². The predicted molar refractivity (Wildman–Crippen MR) is 120 cm³/mol. The minimum absolute atomic E-state index is 0.347. The van der Waals surface area contributed by atoms with Gasteiger partial charge in [-0.15, -0.1) is 11.8 Å². The summed E-state index contributed by atoms with van der Waals surface area (Å²) in [5.74, 6) is 0. The molecule has 0 amide bonds. The summed E-state index contributed by atoms with van der Waals surface area (Å²) in [7, 11) is 2.06. The van der Waals surface area contributed by atoms with Gasteiger partial charge in [0.15, 0.2) is 0 Å². The molecule has 0 aliphatic rings. The first-order chi connectivity index (χ1) is 12.2. The summed E-state index contributed by atoms with van der Waals surface area (Å²) in [6, 6.07) is 9.30. The van der Waals surface area contributed by atoms with E-state index in [4.69, 9.17) is 0 Å². The highest BCUT2D eigenvalue weighted by molar-refractivity contribution is 7.99. The monoisotopic (exact) mass is 374 g/mol. The number of hydrogen-bond donors (Lipinski definition) is 2. The van der Waals surface area contributed by atoms with Crippen LogP contribution in [0.4, 0.5) is 0 Å². The molecular weight excluding hydrogens is 336 g/mol. The van der Waals surface area contributed by atoms with Crippen LogP contribution >= 0.6 is 11.8 Å². The zero-order chi connectivity index (χ0) is 19.6. The van der Waals surface area contributed by atoms with Crippen molar-refractivity contribution in [2.75, 3.05) is 13.3 Å². The first-order valence-electron chi connectivity index (χ1n) is 9.61. The molecule has 1 aromatic rings. The van der Waals surface area contributed by atoms with Crippen LogP contribution in [0.15, 0.2) is 48.7 Å².